The molecule has 0 saturated carbocycles. The Morgan fingerprint density at radius 1 is 1.39 bits per heavy atom. The van der Waals surface area contributed by atoms with Crippen LogP contribution in [-0.4, -0.2) is 36.7 Å². The van der Waals surface area contributed by atoms with E-state index in [0.29, 0.717) is 18.4 Å². The number of thioether (sulfide) groups is 1. The standard InChI is InChI=1S/C14H23NO2S/c1-11(2)15-8-12-5-4-6-14(7-12)18-10-13(16)9-17-3/h4-7,11,13,15-16H,8-10H2,1-3H3. The van der Waals surface area contributed by atoms with E-state index in [9.17, 15) is 5.11 Å². The Balaban J connectivity index is 2.43. The maximum Gasteiger partial charge on any atom is 0.0867 e. The second kappa shape index (κ2) is 8.53. The molecular weight excluding hydrogens is 246 g/mol. The predicted octanol–water partition coefficient (Wildman–Crippen LogP) is 2.28. The van der Waals surface area contributed by atoms with E-state index in [1.54, 1.807) is 18.9 Å². The summed E-state index contributed by atoms with van der Waals surface area (Å²) in [6, 6.07) is 8.90. The number of rotatable bonds is 8. The third kappa shape index (κ3) is 6.40. The lowest BCUT2D eigenvalue weighted by atomic mass is 10.2. The highest BCUT2D eigenvalue weighted by atomic mass is 32.2. The molecule has 1 aromatic rings. The molecule has 1 unspecified atom stereocenters. The molecule has 1 atom stereocenters. The van der Waals surface area contributed by atoms with Crippen LogP contribution in [0.5, 0.6) is 0 Å². The van der Waals surface area contributed by atoms with Crippen molar-refractivity contribution in [2.24, 2.45) is 0 Å². The SMILES string of the molecule is COCC(O)CSc1cccc(CNC(C)C)c1. The van der Waals surface area contributed by atoms with Crippen LogP contribution in [0.1, 0.15) is 19.4 Å². The fourth-order valence-corrected chi connectivity index (χ4v) is 2.39. The van der Waals surface area contributed by atoms with Gasteiger partial charge in [-0.1, -0.05) is 26.0 Å². The molecule has 0 heterocycles. The maximum atomic E-state index is 9.60. The fourth-order valence-electron chi connectivity index (χ4n) is 1.50. The van der Waals surface area contributed by atoms with Crippen molar-refractivity contribution >= 4 is 11.8 Å². The van der Waals surface area contributed by atoms with Crippen LogP contribution >= 0.6 is 11.8 Å². The molecule has 3 nitrogen and oxygen atoms in total. The van der Waals surface area contributed by atoms with Crippen LogP contribution in [0.3, 0.4) is 0 Å². The van der Waals surface area contributed by atoms with Gasteiger partial charge in [0.1, 0.15) is 0 Å². The normalized spacial score (nSPS) is 12.9. The van der Waals surface area contributed by atoms with Gasteiger partial charge in [0, 0.05) is 30.3 Å². The molecule has 0 amide bonds. The Labute approximate surface area is 114 Å². The molecule has 0 aromatic heterocycles. The summed E-state index contributed by atoms with van der Waals surface area (Å²) in [5.74, 6) is 0.662. The van der Waals surface area contributed by atoms with E-state index in [-0.39, 0.29) is 0 Å². The van der Waals surface area contributed by atoms with E-state index in [0.717, 1.165) is 6.54 Å². The molecule has 0 spiro atoms. The largest absolute Gasteiger partial charge is 0.390 e. The molecule has 0 fully saturated rings. The van der Waals surface area contributed by atoms with Crippen molar-refractivity contribution < 1.29 is 9.84 Å². The fraction of sp³-hybridized carbons (Fsp3) is 0.571. The van der Waals surface area contributed by atoms with Gasteiger partial charge in [-0.3, -0.25) is 0 Å². The minimum Gasteiger partial charge on any atom is -0.390 e. The van der Waals surface area contributed by atoms with Crippen molar-refractivity contribution in [3.05, 3.63) is 29.8 Å². The zero-order chi connectivity index (χ0) is 13.4. The zero-order valence-corrected chi connectivity index (χ0v) is 12.2. The van der Waals surface area contributed by atoms with Gasteiger partial charge in [0.05, 0.1) is 12.7 Å². The molecule has 0 bridgehead atoms. The van der Waals surface area contributed by atoms with Crippen molar-refractivity contribution in [2.75, 3.05) is 19.5 Å². The lowest BCUT2D eigenvalue weighted by Crippen LogP contribution is -2.21. The number of benzene rings is 1. The van der Waals surface area contributed by atoms with Gasteiger partial charge in [0.2, 0.25) is 0 Å². The van der Waals surface area contributed by atoms with Crippen molar-refractivity contribution in [1.29, 1.82) is 0 Å². The summed E-state index contributed by atoms with van der Waals surface area (Å²) in [4.78, 5) is 1.19. The molecule has 0 saturated heterocycles. The van der Waals surface area contributed by atoms with Gasteiger partial charge in [-0.15, -0.1) is 11.8 Å². The smallest absolute Gasteiger partial charge is 0.0867 e. The monoisotopic (exact) mass is 269 g/mol. The molecule has 4 heteroatoms. The molecular formula is C14H23NO2S. The van der Waals surface area contributed by atoms with Gasteiger partial charge in [-0.05, 0) is 17.7 Å². The van der Waals surface area contributed by atoms with Crippen LogP contribution < -0.4 is 5.32 Å². The Morgan fingerprint density at radius 3 is 2.83 bits per heavy atom. The Hall–Kier alpha value is -0.550. The van der Waals surface area contributed by atoms with E-state index >= 15 is 0 Å². The summed E-state index contributed by atoms with van der Waals surface area (Å²) in [5, 5.41) is 13.0. The number of hydrogen-bond acceptors (Lipinski definition) is 4. The summed E-state index contributed by atoms with van der Waals surface area (Å²) in [6.07, 6.45) is -0.405. The maximum absolute atomic E-state index is 9.60. The topological polar surface area (TPSA) is 41.5 Å². The van der Waals surface area contributed by atoms with Crippen molar-refractivity contribution in [1.82, 2.24) is 5.32 Å². The van der Waals surface area contributed by atoms with Crippen molar-refractivity contribution in [2.45, 2.75) is 37.4 Å². The number of nitrogens with one attached hydrogen (secondary N) is 1. The third-order valence-electron chi connectivity index (χ3n) is 2.41. The van der Waals surface area contributed by atoms with E-state index in [4.69, 9.17) is 4.74 Å². The molecule has 1 aromatic carbocycles. The minimum absolute atomic E-state index is 0.390. The molecule has 0 aliphatic rings. The summed E-state index contributed by atoms with van der Waals surface area (Å²) >= 11 is 1.66. The highest BCUT2D eigenvalue weighted by Gasteiger charge is 2.05. The third-order valence-corrected chi connectivity index (χ3v) is 3.55. The van der Waals surface area contributed by atoms with Crippen LogP contribution in [0.2, 0.25) is 0 Å². The molecule has 0 radical (unpaired) electrons. The number of ether oxygens (including phenoxy) is 1. The molecule has 0 aliphatic carbocycles. The van der Waals surface area contributed by atoms with Gasteiger partial charge in [-0.25, -0.2) is 0 Å². The lowest BCUT2D eigenvalue weighted by Gasteiger charge is -2.11. The molecule has 0 aliphatic heterocycles. The Kier molecular flexibility index (Phi) is 7.35. The molecule has 18 heavy (non-hydrogen) atoms. The molecule has 1 rings (SSSR count). The molecule has 2 N–H and O–H groups in total. The van der Waals surface area contributed by atoms with E-state index in [2.05, 4.69) is 43.4 Å². The Morgan fingerprint density at radius 2 is 2.17 bits per heavy atom. The summed E-state index contributed by atoms with van der Waals surface area (Å²) < 4.78 is 4.91. The van der Waals surface area contributed by atoms with Gasteiger partial charge >= 0.3 is 0 Å². The quantitative estimate of drug-likeness (QED) is 0.711. The number of hydrogen-bond donors (Lipinski definition) is 2. The van der Waals surface area contributed by atoms with Crippen molar-refractivity contribution in [3.63, 3.8) is 0 Å². The summed E-state index contributed by atoms with van der Waals surface area (Å²) in [6.45, 7) is 5.55. The van der Waals surface area contributed by atoms with Gasteiger partial charge in [0.25, 0.3) is 0 Å². The first-order valence-corrected chi connectivity index (χ1v) is 7.22. The van der Waals surface area contributed by atoms with E-state index in [1.165, 1.54) is 10.5 Å². The highest BCUT2D eigenvalue weighted by molar-refractivity contribution is 7.99. The average molecular weight is 269 g/mol. The van der Waals surface area contributed by atoms with Crippen LogP contribution in [0.4, 0.5) is 0 Å². The number of aliphatic hydroxyl groups is 1. The van der Waals surface area contributed by atoms with Crippen molar-refractivity contribution in [3.8, 4) is 0 Å². The number of aliphatic hydroxyl groups excluding tert-OH is 1. The first kappa shape index (κ1) is 15.5. The van der Waals surface area contributed by atoms with Crippen LogP contribution in [0.15, 0.2) is 29.2 Å². The van der Waals surface area contributed by atoms with Gasteiger partial charge < -0.3 is 15.2 Å². The molecule has 102 valence electrons. The summed E-state index contributed by atoms with van der Waals surface area (Å²) in [5.41, 5.74) is 1.27. The zero-order valence-electron chi connectivity index (χ0n) is 11.3. The van der Waals surface area contributed by atoms with Crippen LogP contribution in [0.25, 0.3) is 0 Å². The van der Waals surface area contributed by atoms with Crippen LogP contribution in [-0.2, 0) is 11.3 Å². The first-order valence-electron chi connectivity index (χ1n) is 6.24. The summed E-state index contributed by atoms with van der Waals surface area (Å²) in [7, 11) is 1.60. The van der Waals surface area contributed by atoms with E-state index < -0.39 is 6.10 Å². The van der Waals surface area contributed by atoms with E-state index in [1.807, 2.05) is 0 Å². The minimum atomic E-state index is -0.405. The van der Waals surface area contributed by atoms with Gasteiger partial charge in [-0.2, -0.15) is 0 Å². The number of methoxy groups -OCH3 is 1. The van der Waals surface area contributed by atoms with Crippen LogP contribution in [0, 0.1) is 0 Å². The second-order valence-electron chi connectivity index (χ2n) is 4.60. The Bertz CT molecular complexity index is 344. The highest BCUT2D eigenvalue weighted by Crippen LogP contribution is 2.20. The van der Waals surface area contributed by atoms with Gasteiger partial charge in [0.15, 0.2) is 0 Å². The average Bonchev–Trinajstić information content (AvgIpc) is 2.35. The first-order chi connectivity index (χ1) is 8.61. The predicted molar refractivity (Wildman–Crippen MR) is 77.0 cm³/mol. The lowest BCUT2D eigenvalue weighted by molar-refractivity contribution is 0.0794. The second-order valence-corrected chi connectivity index (χ2v) is 5.70.